The van der Waals surface area contributed by atoms with Crippen LogP contribution in [0.5, 0.6) is 28.7 Å². The summed E-state index contributed by atoms with van der Waals surface area (Å²) in [6.45, 7) is -0.230. The fourth-order valence-corrected chi connectivity index (χ4v) is 5.68. The number of carbonyl (C=O) groups is 1. The molecule has 2 heterocycles. The zero-order chi connectivity index (χ0) is 35.8. The van der Waals surface area contributed by atoms with Crippen molar-refractivity contribution < 1.29 is 56.6 Å². The van der Waals surface area contributed by atoms with E-state index in [0.717, 1.165) is 5.56 Å². The molecular weight excluding hydrogens is 652 g/mol. The molecule has 0 bridgehead atoms. The van der Waals surface area contributed by atoms with Crippen LogP contribution in [0.2, 0.25) is 0 Å². The minimum atomic E-state index is -1.25. The van der Waals surface area contributed by atoms with Crippen molar-refractivity contribution in [2.75, 3.05) is 56.4 Å². The highest BCUT2D eigenvalue weighted by molar-refractivity contribution is 5.89. The van der Waals surface area contributed by atoms with Crippen molar-refractivity contribution in [1.82, 2.24) is 0 Å². The zero-order valence-corrected chi connectivity index (χ0v) is 28.8. The largest absolute Gasteiger partial charge is 0.497 e. The lowest BCUT2D eigenvalue weighted by Crippen LogP contribution is -2.62. The molecule has 1 saturated heterocycles. The highest BCUT2D eigenvalue weighted by atomic mass is 16.7. The Balaban J connectivity index is 1.50. The number of esters is 1. The standard InChI is InChI=1S/C37H40O13/c1-40-23-13-8-21(9-14-23)10-17-29(38)47-20-28-33(44-5)35(45-6)36(46-7)37(49-28)50-34-31(39)30-26(43-4)18-25(42-3)19-27(30)48-32(34)22-11-15-24(41-2)16-12-22/h8-19,28,33,35-37H,20H2,1-7H3/t28?,33-,35?,36?,37+/m1/s1. The zero-order valence-electron chi connectivity index (χ0n) is 28.8. The molecule has 4 aromatic rings. The van der Waals surface area contributed by atoms with Gasteiger partial charge in [0.2, 0.25) is 17.5 Å². The molecule has 5 rings (SSSR count). The molecule has 266 valence electrons. The van der Waals surface area contributed by atoms with Crippen molar-refractivity contribution in [1.29, 1.82) is 0 Å². The van der Waals surface area contributed by atoms with E-state index in [4.69, 9.17) is 51.8 Å². The number of fused-ring (bicyclic) bond motifs is 1. The van der Waals surface area contributed by atoms with Crippen LogP contribution in [0.25, 0.3) is 28.4 Å². The normalized spacial score (nSPS) is 20.4. The van der Waals surface area contributed by atoms with Crippen molar-refractivity contribution in [2.45, 2.75) is 30.7 Å². The number of hydrogen-bond donors (Lipinski definition) is 0. The second-order valence-electron chi connectivity index (χ2n) is 11.0. The molecular formula is C37H40O13. The number of ether oxygens (including phenoxy) is 10. The molecule has 3 unspecified atom stereocenters. The molecule has 1 fully saturated rings. The van der Waals surface area contributed by atoms with Crippen LogP contribution in [0, 0.1) is 0 Å². The van der Waals surface area contributed by atoms with E-state index in [2.05, 4.69) is 0 Å². The predicted octanol–water partition coefficient (Wildman–Crippen LogP) is 4.90. The molecule has 0 spiro atoms. The van der Waals surface area contributed by atoms with Gasteiger partial charge in [0.1, 0.15) is 65.0 Å². The van der Waals surface area contributed by atoms with Gasteiger partial charge in [-0.1, -0.05) is 12.1 Å². The number of methoxy groups -OCH3 is 7. The fourth-order valence-electron chi connectivity index (χ4n) is 5.68. The molecule has 5 atom stereocenters. The number of carbonyl (C=O) groups excluding carboxylic acids is 1. The number of rotatable bonds is 14. The van der Waals surface area contributed by atoms with Crippen molar-refractivity contribution in [3.05, 3.63) is 82.5 Å². The summed E-state index contributed by atoms with van der Waals surface area (Å²) in [5.41, 5.74) is 0.959. The Morgan fingerprint density at radius 3 is 1.94 bits per heavy atom. The van der Waals surface area contributed by atoms with Gasteiger partial charge in [0.15, 0.2) is 5.76 Å². The van der Waals surface area contributed by atoms with E-state index in [-0.39, 0.29) is 34.8 Å². The maximum Gasteiger partial charge on any atom is 0.330 e. The van der Waals surface area contributed by atoms with E-state index < -0.39 is 42.1 Å². The molecule has 1 aliphatic heterocycles. The first-order valence-electron chi connectivity index (χ1n) is 15.6. The van der Waals surface area contributed by atoms with Crippen molar-refractivity contribution in [3.8, 4) is 40.1 Å². The fraction of sp³-hybridized carbons (Fsp3) is 0.351. The minimum absolute atomic E-state index is 0.105. The quantitative estimate of drug-likeness (QED) is 0.131. The van der Waals surface area contributed by atoms with Crippen LogP contribution in [-0.2, 0) is 28.5 Å². The summed E-state index contributed by atoms with van der Waals surface area (Å²) >= 11 is 0. The lowest BCUT2D eigenvalue weighted by Gasteiger charge is -2.44. The Morgan fingerprint density at radius 1 is 0.740 bits per heavy atom. The smallest absolute Gasteiger partial charge is 0.330 e. The van der Waals surface area contributed by atoms with E-state index in [1.54, 1.807) is 81.0 Å². The SMILES string of the molecule is COc1ccc(C=CC(=O)OCC2O[C@@H](Oc3c(-c4ccc(OC)cc4)oc4cc(OC)cc(OC)c4c3=O)C(OC)C(OC)[C@@H]2OC)cc1. The van der Waals surface area contributed by atoms with Crippen LogP contribution in [-0.4, -0.2) is 93.1 Å². The van der Waals surface area contributed by atoms with Crippen molar-refractivity contribution in [3.63, 3.8) is 0 Å². The van der Waals surface area contributed by atoms with Crippen molar-refractivity contribution in [2.24, 2.45) is 0 Å². The Bertz CT molecular complexity index is 1830. The molecule has 1 aliphatic rings. The molecule has 13 nitrogen and oxygen atoms in total. The molecule has 0 saturated carbocycles. The van der Waals surface area contributed by atoms with E-state index in [1.807, 2.05) is 0 Å². The Morgan fingerprint density at radius 2 is 1.36 bits per heavy atom. The molecule has 3 aromatic carbocycles. The van der Waals surface area contributed by atoms with Gasteiger partial charge in [0.05, 0.1) is 28.4 Å². The Kier molecular flexibility index (Phi) is 12.0. The number of benzene rings is 3. The Hall–Kier alpha value is -5.08. The van der Waals surface area contributed by atoms with Gasteiger partial charge in [-0.3, -0.25) is 4.79 Å². The maximum absolute atomic E-state index is 14.3. The first-order chi connectivity index (χ1) is 24.3. The van der Waals surface area contributed by atoms with Gasteiger partial charge in [0, 0.05) is 45.1 Å². The van der Waals surface area contributed by atoms with Gasteiger partial charge in [-0.25, -0.2) is 4.79 Å². The van der Waals surface area contributed by atoms with Crippen LogP contribution in [0.3, 0.4) is 0 Å². The van der Waals surface area contributed by atoms with Crippen molar-refractivity contribution >= 4 is 23.0 Å². The first kappa shape index (κ1) is 36.2. The lowest BCUT2D eigenvalue weighted by molar-refractivity contribution is -0.292. The van der Waals surface area contributed by atoms with Crippen LogP contribution < -0.4 is 29.1 Å². The Labute approximate surface area is 289 Å². The summed E-state index contributed by atoms with van der Waals surface area (Å²) in [6.07, 6.45) is -1.64. The third-order valence-corrected chi connectivity index (χ3v) is 8.26. The molecule has 0 aliphatic carbocycles. The second-order valence-corrected chi connectivity index (χ2v) is 11.0. The van der Waals surface area contributed by atoms with Gasteiger partial charge < -0.3 is 51.8 Å². The topological polar surface area (TPSA) is 140 Å². The van der Waals surface area contributed by atoms with Gasteiger partial charge in [0.25, 0.3) is 0 Å². The second kappa shape index (κ2) is 16.5. The average molecular weight is 693 g/mol. The van der Waals surface area contributed by atoms with Crippen LogP contribution in [0.4, 0.5) is 0 Å². The molecule has 1 aromatic heterocycles. The predicted molar refractivity (Wildman–Crippen MR) is 182 cm³/mol. The maximum atomic E-state index is 14.3. The van der Waals surface area contributed by atoms with Gasteiger partial charge in [-0.15, -0.1) is 0 Å². The summed E-state index contributed by atoms with van der Waals surface area (Å²) in [7, 11) is 10.5. The highest BCUT2D eigenvalue weighted by Gasteiger charge is 2.49. The summed E-state index contributed by atoms with van der Waals surface area (Å²) < 4.78 is 63.4. The number of hydrogen-bond acceptors (Lipinski definition) is 13. The third-order valence-electron chi connectivity index (χ3n) is 8.26. The highest BCUT2D eigenvalue weighted by Crippen LogP contribution is 2.38. The summed E-state index contributed by atoms with van der Waals surface area (Å²) in [4.78, 5) is 27.1. The summed E-state index contributed by atoms with van der Waals surface area (Å²) in [5, 5.41) is 0.123. The lowest BCUT2D eigenvalue weighted by atomic mass is 9.98. The van der Waals surface area contributed by atoms with Gasteiger partial charge in [-0.05, 0) is 48.0 Å². The summed E-state index contributed by atoms with van der Waals surface area (Å²) in [5.74, 6) is 1.25. The van der Waals surface area contributed by atoms with E-state index in [1.165, 1.54) is 41.6 Å². The molecule has 13 heteroatoms. The minimum Gasteiger partial charge on any atom is -0.497 e. The molecule has 0 amide bonds. The van der Waals surface area contributed by atoms with E-state index in [9.17, 15) is 9.59 Å². The van der Waals surface area contributed by atoms with Crippen LogP contribution in [0.15, 0.2) is 76.0 Å². The third kappa shape index (κ3) is 7.71. The average Bonchev–Trinajstić information content (AvgIpc) is 3.16. The van der Waals surface area contributed by atoms with Gasteiger partial charge in [-0.2, -0.15) is 0 Å². The molecule has 50 heavy (non-hydrogen) atoms. The van der Waals surface area contributed by atoms with Gasteiger partial charge >= 0.3 is 5.97 Å². The van der Waals surface area contributed by atoms with Crippen LogP contribution in [0.1, 0.15) is 5.56 Å². The monoisotopic (exact) mass is 692 g/mol. The summed E-state index contributed by atoms with van der Waals surface area (Å²) in [6, 6.07) is 17.2. The molecule has 0 radical (unpaired) electrons. The molecule has 0 N–H and O–H groups in total. The van der Waals surface area contributed by atoms with Crippen LogP contribution >= 0.6 is 0 Å². The first-order valence-corrected chi connectivity index (χ1v) is 15.6. The van der Waals surface area contributed by atoms with E-state index in [0.29, 0.717) is 22.8 Å². The van der Waals surface area contributed by atoms with E-state index >= 15 is 0 Å².